The van der Waals surface area contributed by atoms with Crippen LogP contribution in [0.25, 0.3) is 0 Å². The predicted molar refractivity (Wildman–Crippen MR) is 83.6 cm³/mol. The molecule has 0 radical (unpaired) electrons. The molecule has 1 heterocycles. The zero-order valence-electron chi connectivity index (χ0n) is 13.4. The highest BCUT2D eigenvalue weighted by Crippen LogP contribution is 2.28. The molecule has 2 fully saturated rings. The first-order valence-electron chi connectivity index (χ1n) is 8.70. The summed E-state index contributed by atoms with van der Waals surface area (Å²) in [5, 5.41) is 3.51. The number of carbonyl (C=O) groups excluding carboxylic acids is 1. The van der Waals surface area contributed by atoms with E-state index >= 15 is 0 Å². The van der Waals surface area contributed by atoms with E-state index in [9.17, 15) is 4.79 Å². The first kappa shape index (κ1) is 15.8. The lowest BCUT2D eigenvalue weighted by molar-refractivity contribution is -0.133. The largest absolute Gasteiger partial charge is 0.341 e. The summed E-state index contributed by atoms with van der Waals surface area (Å²) in [4.78, 5) is 14.5. The molecule has 3 atom stereocenters. The SMILES string of the molecule is CC(NCC1CCCCC1C)C(=O)N1CCCCCC1. The van der Waals surface area contributed by atoms with Crippen LogP contribution in [-0.2, 0) is 4.79 Å². The van der Waals surface area contributed by atoms with Gasteiger partial charge in [0.05, 0.1) is 6.04 Å². The van der Waals surface area contributed by atoms with Crippen LogP contribution in [0.15, 0.2) is 0 Å². The zero-order valence-corrected chi connectivity index (χ0v) is 13.4. The van der Waals surface area contributed by atoms with Gasteiger partial charge in [-0.1, -0.05) is 39.0 Å². The summed E-state index contributed by atoms with van der Waals surface area (Å²) >= 11 is 0. The minimum Gasteiger partial charge on any atom is -0.341 e. The molecular formula is C17H32N2O. The number of nitrogens with one attached hydrogen (secondary N) is 1. The van der Waals surface area contributed by atoms with Gasteiger partial charge in [0.1, 0.15) is 0 Å². The van der Waals surface area contributed by atoms with Gasteiger partial charge in [-0.05, 0) is 44.6 Å². The molecule has 2 aliphatic rings. The fourth-order valence-electron chi connectivity index (χ4n) is 3.68. The number of amides is 1. The van der Waals surface area contributed by atoms with Crippen LogP contribution in [0, 0.1) is 11.8 Å². The topological polar surface area (TPSA) is 32.3 Å². The molecule has 1 saturated heterocycles. The summed E-state index contributed by atoms with van der Waals surface area (Å²) in [6.45, 7) is 7.35. The molecule has 1 N–H and O–H groups in total. The summed E-state index contributed by atoms with van der Waals surface area (Å²) in [6, 6.07) is -0.0118. The molecule has 1 amide bonds. The minimum atomic E-state index is -0.0118. The van der Waals surface area contributed by atoms with E-state index in [2.05, 4.69) is 17.1 Å². The summed E-state index contributed by atoms with van der Waals surface area (Å²) in [5.41, 5.74) is 0. The monoisotopic (exact) mass is 280 g/mol. The van der Waals surface area contributed by atoms with Gasteiger partial charge in [-0.25, -0.2) is 0 Å². The van der Waals surface area contributed by atoms with E-state index in [1.54, 1.807) is 0 Å². The maximum absolute atomic E-state index is 12.5. The Morgan fingerprint density at radius 2 is 1.75 bits per heavy atom. The average Bonchev–Trinajstić information content (AvgIpc) is 2.74. The van der Waals surface area contributed by atoms with Crippen molar-refractivity contribution in [2.24, 2.45) is 11.8 Å². The first-order chi connectivity index (χ1) is 9.68. The van der Waals surface area contributed by atoms with Gasteiger partial charge in [0.15, 0.2) is 0 Å². The smallest absolute Gasteiger partial charge is 0.239 e. The Morgan fingerprint density at radius 3 is 2.40 bits per heavy atom. The van der Waals surface area contributed by atoms with Crippen LogP contribution in [0.4, 0.5) is 0 Å². The second kappa shape index (κ2) is 8.02. The minimum absolute atomic E-state index is 0.0118. The van der Waals surface area contributed by atoms with Gasteiger partial charge in [0.2, 0.25) is 5.91 Å². The summed E-state index contributed by atoms with van der Waals surface area (Å²) in [7, 11) is 0. The molecule has 20 heavy (non-hydrogen) atoms. The zero-order chi connectivity index (χ0) is 14.4. The van der Waals surface area contributed by atoms with E-state index in [4.69, 9.17) is 0 Å². The Hall–Kier alpha value is -0.570. The molecule has 0 spiro atoms. The number of carbonyl (C=O) groups is 1. The Labute approximate surface area is 124 Å². The molecule has 0 bridgehead atoms. The first-order valence-corrected chi connectivity index (χ1v) is 8.70. The van der Waals surface area contributed by atoms with Crippen LogP contribution in [0.2, 0.25) is 0 Å². The Kier molecular flexibility index (Phi) is 6.34. The molecule has 2 rings (SSSR count). The van der Waals surface area contributed by atoms with Gasteiger partial charge in [-0.15, -0.1) is 0 Å². The maximum atomic E-state index is 12.5. The van der Waals surface area contributed by atoms with Crippen molar-refractivity contribution < 1.29 is 4.79 Å². The van der Waals surface area contributed by atoms with Crippen molar-refractivity contribution in [1.29, 1.82) is 0 Å². The van der Waals surface area contributed by atoms with E-state index in [0.717, 1.165) is 31.5 Å². The number of hydrogen-bond donors (Lipinski definition) is 1. The second-order valence-corrected chi connectivity index (χ2v) is 6.89. The quantitative estimate of drug-likeness (QED) is 0.857. The van der Waals surface area contributed by atoms with Crippen LogP contribution in [-0.4, -0.2) is 36.5 Å². The van der Waals surface area contributed by atoms with Crippen LogP contribution in [0.1, 0.15) is 65.2 Å². The normalized spacial score (nSPS) is 29.8. The molecule has 1 aliphatic heterocycles. The highest BCUT2D eigenvalue weighted by molar-refractivity contribution is 5.81. The van der Waals surface area contributed by atoms with Crippen LogP contribution < -0.4 is 5.32 Å². The molecule has 1 aliphatic carbocycles. The summed E-state index contributed by atoms with van der Waals surface area (Å²) in [5.74, 6) is 1.90. The maximum Gasteiger partial charge on any atom is 0.239 e. The molecule has 3 unspecified atom stereocenters. The van der Waals surface area contributed by atoms with E-state index in [1.165, 1.54) is 51.4 Å². The molecule has 116 valence electrons. The Bertz CT molecular complexity index is 297. The standard InChI is InChI=1S/C17H32N2O/c1-14-9-5-6-10-16(14)13-18-15(2)17(20)19-11-7-3-4-8-12-19/h14-16,18H,3-13H2,1-2H3. The third-order valence-electron chi connectivity index (χ3n) is 5.26. The number of likely N-dealkylation sites (tertiary alicyclic amines) is 1. The third-order valence-corrected chi connectivity index (χ3v) is 5.26. The van der Waals surface area contributed by atoms with E-state index < -0.39 is 0 Å². The average molecular weight is 280 g/mol. The van der Waals surface area contributed by atoms with Crippen LogP contribution in [0.3, 0.4) is 0 Å². The van der Waals surface area contributed by atoms with Crippen molar-refractivity contribution in [2.75, 3.05) is 19.6 Å². The van der Waals surface area contributed by atoms with Gasteiger partial charge in [-0.2, -0.15) is 0 Å². The van der Waals surface area contributed by atoms with Crippen LogP contribution >= 0.6 is 0 Å². The molecule has 0 aromatic heterocycles. The van der Waals surface area contributed by atoms with Gasteiger partial charge < -0.3 is 10.2 Å². The van der Waals surface area contributed by atoms with Gasteiger partial charge >= 0.3 is 0 Å². The van der Waals surface area contributed by atoms with E-state index in [0.29, 0.717) is 5.91 Å². The van der Waals surface area contributed by atoms with Crippen molar-refractivity contribution in [2.45, 2.75) is 71.3 Å². The highest BCUT2D eigenvalue weighted by Gasteiger charge is 2.25. The number of nitrogens with zero attached hydrogens (tertiary/aromatic N) is 1. The van der Waals surface area contributed by atoms with Crippen molar-refractivity contribution >= 4 is 5.91 Å². The molecule has 3 heteroatoms. The summed E-state index contributed by atoms with van der Waals surface area (Å²) < 4.78 is 0. The second-order valence-electron chi connectivity index (χ2n) is 6.89. The number of hydrogen-bond acceptors (Lipinski definition) is 2. The van der Waals surface area contributed by atoms with Gasteiger partial charge in [-0.3, -0.25) is 4.79 Å². The van der Waals surface area contributed by atoms with Crippen molar-refractivity contribution in [3.63, 3.8) is 0 Å². The highest BCUT2D eigenvalue weighted by atomic mass is 16.2. The summed E-state index contributed by atoms with van der Waals surface area (Å²) in [6.07, 6.45) is 10.4. The number of rotatable bonds is 4. The van der Waals surface area contributed by atoms with Crippen molar-refractivity contribution in [3.05, 3.63) is 0 Å². The predicted octanol–water partition coefficient (Wildman–Crippen LogP) is 3.19. The van der Waals surface area contributed by atoms with Crippen molar-refractivity contribution in [1.82, 2.24) is 10.2 Å². The fraction of sp³-hybridized carbons (Fsp3) is 0.941. The van der Waals surface area contributed by atoms with E-state index in [-0.39, 0.29) is 6.04 Å². The lowest BCUT2D eigenvalue weighted by Gasteiger charge is -2.31. The van der Waals surface area contributed by atoms with Gasteiger partial charge in [0, 0.05) is 13.1 Å². The van der Waals surface area contributed by atoms with E-state index in [1.807, 2.05) is 6.92 Å². The lowest BCUT2D eigenvalue weighted by atomic mass is 9.80. The fourth-order valence-corrected chi connectivity index (χ4v) is 3.68. The molecule has 1 saturated carbocycles. The van der Waals surface area contributed by atoms with Crippen LogP contribution in [0.5, 0.6) is 0 Å². The van der Waals surface area contributed by atoms with Crippen molar-refractivity contribution in [3.8, 4) is 0 Å². The molecular weight excluding hydrogens is 248 g/mol. The third kappa shape index (κ3) is 4.47. The molecule has 0 aromatic rings. The Morgan fingerprint density at radius 1 is 1.10 bits per heavy atom. The molecule has 3 nitrogen and oxygen atoms in total. The molecule has 0 aromatic carbocycles. The lowest BCUT2D eigenvalue weighted by Crippen LogP contribution is -2.47. The van der Waals surface area contributed by atoms with Gasteiger partial charge in [0.25, 0.3) is 0 Å². The Balaban J connectivity index is 1.75.